The smallest absolute Gasteiger partial charge is 0.307 e. The Morgan fingerprint density at radius 1 is 1.25 bits per heavy atom. The number of hydrogen-bond donors (Lipinski definition) is 1. The molecule has 0 aliphatic carbocycles. The molecule has 110 valence electrons. The normalized spacial score (nSPS) is 9.90. The Morgan fingerprint density at radius 2 is 1.90 bits per heavy atom. The number of anilines is 1. The molecule has 0 unspecified atom stereocenters. The molecule has 0 fully saturated rings. The summed E-state index contributed by atoms with van der Waals surface area (Å²) in [5.41, 5.74) is 6.18. The fourth-order valence-electron chi connectivity index (χ4n) is 1.44. The Morgan fingerprint density at radius 3 is 2.50 bits per heavy atom. The van der Waals surface area contributed by atoms with Gasteiger partial charge >= 0.3 is 5.97 Å². The molecule has 1 rings (SSSR count). The van der Waals surface area contributed by atoms with Gasteiger partial charge in [-0.05, 0) is 31.2 Å². The van der Waals surface area contributed by atoms with Gasteiger partial charge in [-0.2, -0.15) is 0 Å². The van der Waals surface area contributed by atoms with E-state index >= 15 is 0 Å². The summed E-state index contributed by atoms with van der Waals surface area (Å²) >= 11 is 0. The van der Waals surface area contributed by atoms with E-state index in [0.29, 0.717) is 24.6 Å². The summed E-state index contributed by atoms with van der Waals surface area (Å²) in [6.07, 6.45) is 0.179. The number of amides is 1. The Hall–Kier alpha value is -2.24. The largest absolute Gasteiger partial charge is 0.484 e. The van der Waals surface area contributed by atoms with Gasteiger partial charge in [-0.25, -0.2) is 0 Å². The molecule has 0 saturated carbocycles. The van der Waals surface area contributed by atoms with E-state index in [0.717, 1.165) is 0 Å². The molecule has 2 N–H and O–H groups in total. The first-order valence-electron chi connectivity index (χ1n) is 6.41. The van der Waals surface area contributed by atoms with Crippen LogP contribution in [0.1, 0.15) is 13.3 Å². The number of nitrogen functional groups attached to an aromatic ring is 1. The van der Waals surface area contributed by atoms with Gasteiger partial charge in [0.15, 0.2) is 6.61 Å². The van der Waals surface area contributed by atoms with E-state index in [1.54, 1.807) is 38.2 Å². The van der Waals surface area contributed by atoms with Crippen molar-refractivity contribution in [1.29, 1.82) is 0 Å². The first kappa shape index (κ1) is 15.8. The number of nitrogens with two attached hydrogens (primary N) is 1. The van der Waals surface area contributed by atoms with Crippen LogP contribution in [0.15, 0.2) is 24.3 Å². The number of ether oxygens (including phenoxy) is 2. The minimum absolute atomic E-state index is 0.0801. The molecule has 0 bridgehead atoms. The summed E-state index contributed by atoms with van der Waals surface area (Å²) in [6.45, 7) is 2.32. The van der Waals surface area contributed by atoms with Crippen molar-refractivity contribution in [2.45, 2.75) is 13.3 Å². The van der Waals surface area contributed by atoms with Gasteiger partial charge in [0.1, 0.15) is 5.75 Å². The monoisotopic (exact) mass is 280 g/mol. The molecule has 1 aromatic carbocycles. The Labute approximate surface area is 118 Å². The van der Waals surface area contributed by atoms with Gasteiger partial charge in [0.2, 0.25) is 0 Å². The van der Waals surface area contributed by atoms with Gasteiger partial charge in [0, 0.05) is 19.3 Å². The molecule has 0 saturated heterocycles. The summed E-state index contributed by atoms with van der Waals surface area (Å²) in [7, 11) is 1.62. The molecular formula is C14H20N2O4. The molecule has 0 aliphatic rings. The highest BCUT2D eigenvalue weighted by Gasteiger charge is 2.11. The second-order valence-electron chi connectivity index (χ2n) is 4.23. The summed E-state index contributed by atoms with van der Waals surface area (Å²) in [4.78, 5) is 24.4. The Kier molecular flexibility index (Phi) is 6.36. The lowest BCUT2D eigenvalue weighted by atomic mass is 10.3. The number of nitrogens with zero attached hydrogens (tertiary/aromatic N) is 1. The van der Waals surface area contributed by atoms with E-state index in [1.807, 2.05) is 0 Å². The number of esters is 1. The molecule has 0 atom stereocenters. The van der Waals surface area contributed by atoms with Gasteiger partial charge in [0.05, 0.1) is 13.0 Å². The van der Waals surface area contributed by atoms with Gasteiger partial charge in [-0.3, -0.25) is 9.59 Å². The van der Waals surface area contributed by atoms with E-state index in [9.17, 15) is 9.59 Å². The second-order valence-corrected chi connectivity index (χ2v) is 4.23. The average molecular weight is 280 g/mol. The second kappa shape index (κ2) is 8.04. The van der Waals surface area contributed by atoms with Crippen molar-refractivity contribution in [1.82, 2.24) is 4.90 Å². The standard InChI is InChI=1S/C14H20N2O4/c1-3-19-14(18)8-9-16(2)13(17)10-20-12-6-4-11(15)5-7-12/h4-7H,3,8-10,15H2,1-2H3. The minimum Gasteiger partial charge on any atom is -0.484 e. The third kappa shape index (κ3) is 5.60. The first-order valence-corrected chi connectivity index (χ1v) is 6.41. The molecular weight excluding hydrogens is 260 g/mol. The van der Waals surface area contributed by atoms with Gasteiger partial charge in [0.25, 0.3) is 5.91 Å². The highest BCUT2D eigenvalue weighted by atomic mass is 16.5. The van der Waals surface area contributed by atoms with Crippen LogP contribution in [0.3, 0.4) is 0 Å². The van der Waals surface area contributed by atoms with E-state index in [4.69, 9.17) is 15.2 Å². The number of benzene rings is 1. The van der Waals surface area contributed by atoms with Crippen LogP contribution in [0.4, 0.5) is 5.69 Å². The maximum Gasteiger partial charge on any atom is 0.307 e. The molecule has 1 aromatic rings. The van der Waals surface area contributed by atoms with Crippen molar-refractivity contribution in [3.8, 4) is 5.75 Å². The van der Waals surface area contributed by atoms with E-state index in [1.165, 1.54) is 4.90 Å². The molecule has 0 spiro atoms. The fraction of sp³-hybridized carbons (Fsp3) is 0.429. The van der Waals surface area contributed by atoms with Crippen molar-refractivity contribution < 1.29 is 19.1 Å². The van der Waals surface area contributed by atoms with Crippen LogP contribution < -0.4 is 10.5 Å². The molecule has 6 heteroatoms. The van der Waals surface area contributed by atoms with Crippen molar-refractivity contribution >= 4 is 17.6 Å². The van der Waals surface area contributed by atoms with Crippen LogP contribution in [0.2, 0.25) is 0 Å². The SMILES string of the molecule is CCOC(=O)CCN(C)C(=O)COc1ccc(N)cc1. The molecule has 20 heavy (non-hydrogen) atoms. The fourth-order valence-corrected chi connectivity index (χ4v) is 1.44. The number of hydrogen-bond acceptors (Lipinski definition) is 5. The predicted octanol–water partition coefficient (Wildman–Crippen LogP) is 1.06. The average Bonchev–Trinajstić information content (AvgIpc) is 2.44. The quantitative estimate of drug-likeness (QED) is 0.596. The summed E-state index contributed by atoms with van der Waals surface area (Å²) in [6, 6.07) is 6.79. The number of carbonyl (C=O) groups is 2. The number of carbonyl (C=O) groups excluding carboxylic acids is 2. The van der Waals surface area contributed by atoms with Crippen molar-refractivity contribution in [3.05, 3.63) is 24.3 Å². The van der Waals surface area contributed by atoms with Crippen LogP contribution >= 0.6 is 0 Å². The van der Waals surface area contributed by atoms with E-state index in [-0.39, 0.29) is 24.9 Å². The molecule has 1 amide bonds. The first-order chi connectivity index (χ1) is 9.52. The maximum atomic E-state index is 11.8. The van der Waals surface area contributed by atoms with Crippen molar-refractivity contribution in [2.24, 2.45) is 0 Å². The van der Waals surface area contributed by atoms with Crippen LogP contribution in [-0.2, 0) is 14.3 Å². The summed E-state index contributed by atoms with van der Waals surface area (Å²) in [5.74, 6) is 0.0593. The highest BCUT2D eigenvalue weighted by molar-refractivity contribution is 5.78. The minimum atomic E-state index is -0.313. The van der Waals surface area contributed by atoms with Gasteiger partial charge < -0.3 is 20.1 Å². The zero-order valence-corrected chi connectivity index (χ0v) is 11.8. The topological polar surface area (TPSA) is 81.9 Å². The summed E-state index contributed by atoms with van der Waals surface area (Å²) < 4.78 is 10.1. The van der Waals surface area contributed by atoms with Crippen LogP contribution in [0, 0.1) is 0 Å². The zero-order chi connectivity index (χ0) is 15.0. The lowest BCUT2D eigenvalue weighted by molar-refractivity contribution is -0.144. The lowest BCUT2D eigenvalue weighted by Crippen LogP contribution is -2.33. The Balaban J connectivity index is 2.31. The van der Waals surface area contributed by atoms with Crippen LogP contribution in [-0.4, -0.2) is 43.6 Å². The third-order valence-electron chi connectivity index (χ3n) is 2.62. The number of likely N-dealkylation sites (N-methyl/N-ethyl adjacent to an activating group) is 1. The van der Waals surface area contributed by atoms with Gasteiger partial charge in [-0.1, -0.05) is 0 Å². The number of rotatable bonds is 7. The molecule has 6 nitrogen and oxygen atoms in total. The zero-order valence-electron chi connectivity index (χ0n) is 11.8. The van der Waals surface area contributed by atoms with Crippen molar-refractivity contribution in [2.75, 3.05) is 32.5 Å². The van der Waals surface area contributed by atoms with E-state index < -0.39 is 0 Å². The highest BCUT2D eigenvalue weighted by Crippen LogP contribution is 2.12. The predicted molar refractivity (Wildman–Crippen MR) is 75.2 cm³/mol. The van der Waals surface area contributed by atoms with Crippen LogP contribution in [0.5, 0.6) is 5.75 Å². The molecule has 0 aromatic heterocycles. The lowest BCUT2D eigenvalue weighted by Gasteiger charge is -2.17. The summed E-state index contributed by atoms with van der Waals surface area (Å²) in [5, 5.41) is 0. The molecule has 0 radical (unpaired) electrons. The van der Waals surface area contributed by atoms with Crippen molar-refractivity contribution in [3.63, 3.8) is 0 Å². The van der Waals surface area contributed by atoms with E-state index in [2.05, 4.69) is 0 Å². The van der Waals surface area contributed by atoms with Gasteiger partial charge in [-0.15, -0.1) is 0 Å². The third-order valence-corrected chi connectivity index (χ3v) is 2.62. The Bertz CT molecular complexity index is 445. The van der Waals surface area contributed by atoms with Crippen LogP contribution in [0.25, 0.3) is 0 Å². The molecule has 0 aliphatic heterocycles. The maximum absolute atomic E-state index is 11.8. The molecule has 0 heterocycles.